The van der Waals surface area contributed by atoms with Gasteiger partial charge in [-0.15, -0.1) is 0 Å². The molecule has 3 N–H and O–H groups in total. The van der Waals surface area contributed by atoms with E-state index >= 15 is 0 Å². The fraction of sp³-hybridized carbons (Fsp3) is 0.250. The molecule has 1 atom stereocenters. The number of nitrogens with two attached hydrogens (primary N) is 1. The van der Waals surface area contributed by atoms with E-state index in [9.17, 15) is 8.42 Å². The molecule has 1 unspecified atom stereocenters. The summed E-state index contributed by atoms with van der Waals surface area (Å²) in [5, 5.41) is 0. The first kappa shape index (κ1) is 15.5. The van der Waals surface area contributed by atoms with Gasteiger partial charge in [-0.2, -0.15) is 0 Å². The molecule has 0 aliphatic heterocycles. The van der Waals surface area contributed by atoms with Gasteiger partial charge in [0.1, 0.15) is 0 Å². The maximum atomic E-state index is 12.4. The molecule has 0 aliphatic rings. The summed E-state index contributed by atoms with van der Waals surface area (Å²) in [7, 11) is -3.58. The van der Waals surface area contributed by atoms with E-state index in [-0.39, 0.29) is 6.04 Å². The highest BCUT2D eigenvalue weighted by atomic mass is 32.2. The summed E-state index contributed by atoms with van der Waals surface area (Å²) in [4.78, 5) is 0.296. The van der Waals surface area contributed by atoms with Gasteiger partial charge >= 0.3 is 0 Å². The molecular formula is C16H20N2O2S. The molecule has 21 heavy (non-hydrogen) atoms. The van der Waals surface area contributed by atoms with Crippen LogP contribution in [0.3, 0.4) is 0 Å². The van der Waals surface area contributed by atoms with Gasteiger partial charge in [0.15, 0.2) is 0 Å². The molecule has 0 aliphatic carbocycles. The minimum Gasteiger partial charge on any atom is -0.324 e. The molecule has 0 radical (unpaired) electrons. The molecule has 112 valence electrons. The van der Waals surface area contributed by atoms with Gasteiger partial charge in [-0.1, -0.05) is 29.8 Å². The summed E-state index contributed by atoms with van der Waals surface area (Å²) >= 11 is 0. The summed E-state index contributed by atoms with van der Waals surface area (Å²) in [6.45, 7) is 5.61. The first-order chi connectivity index (χ1) is 9.79. The Balaban J connectivity index is 2.28. The predicted octanol–water partition coefficient (Wildman–Crippen LogP) is 3.12. The van der Waals surface area contributed by atoms with Gasteiger partial charge in [-0.05, 0) is 50.1 Å². The SMILES string of the molecule is Cc1ccc(S(=O)(=O)Nc2ccc(C(C)N)cc2)c(C)c1. The fourth-order valence-electron chi connectivity index (χ4n) is 2.17. The Morgan fingerprint density at radius 2 is 1.67 bits per heavy atom. The van der Waals surface area contributed by atoms with E-state index < -0.39 is 10.0 Å². The summed E-state index contributed by atoms with van der Waals surface area (Å²) in [5.74, 6) is 0. The third-order valence-electron chi connectivity index (χ3n) is 3.31. The largest absolute Gasteiger partial charge is 0.324 e. The van der Waals surface area contributed by atoms with Gasteiger partial charge in [0.05, 0.1) is 4.90 Å². The van der Waals surface area contributed by atoms with Crippen LogP contribution in [-0.2, 0) is 10.0 Å². The summed E-state index contributed by atoms with van der Waals surface area (Å²) in [6.07, 6.45) is 0. The van der Waals surface area contributed by atoms with Crippen LogP contribution in [0.4, 0.5) is 5.69 Å². The average molecular weight is 304 g/mol. The number of anilines is 1. The molecule has 0 heterocycles. The second kappa shape index (κ2) is 5.87. The molecule has 0 aromatic heterocycles. The second-order valence-corrected chi connectivity index (χ2v) is 6.94. The molecule has 5 heteroatoms. The Morgan fingerprint density at radius 3 is 2.19 bits per heavy atom. The lowest BCUT2D eigenvalue weighted by atomic mass is 10.1. The highest BCUT2D eigenvalue weighted by Crippen LogP contribution is 2.21. The van der Waals surface area contributed by atoms with Gasteiger partial charge in [0.2, 0.25) is 0 Å². The first-order valence-electron chi connectivity index (χ1n) is 6.75. The molecule has 0 bridgehead atoms. The van der Waals surface area contributed by atoms with E-state index in [0.717, 1.165) is 16.7 Å². The maximum Gasteiger partial charge on any atom is 0.262 e. The van der Waals surface area contributed by atoms with Crippen molar-refractivity contribution in [3.05, 3.63) is 59.2 Å². The lowest BCUT2D eigenvalue weighted by molar-refractivity contribution is 0.600. The zero-order valence-corrected chi connectivity index (χ0v) is 13.2. The monoisotopic (exact) mass is 304 g/mol. The Hall–Kier alpha value is -1.85. The number of hydrogen-bond donors (Lipinski definition) is 2. The van der Waals surface area contributed by atoms with Crippen LogP contribution in [-0.4, -0.2) is 8.42 Å². The van der Waals surface area contributed by atoms with Crippen LogP contribution < -0.4 is 10.5 Å². The van der Waals surface area contributed by atoms with Crippen LogP contribution in [0.25, 0.3) is 0 Å². The molecule has 4 nitrogen and oxygen atoms in total. The van der Waals surface area contributed by atoms with E-state index in [0.29, 0.717) is 10.6 Å². The zero-order valence-electron chi connectivity index (χ0n) is 12.4. The number of sulfonamides is 1. The van der Waals surface area contributed by atoms with Crippen LogP contribution in [0.5, 0.6) is 0 Å². The van der Waals surface area contributed by atoms with Crippen LogP contribution >= 0.6 is 0 Å². The second-order valence-electron chi connectivity index (χ2n) is 5.29. The van der Waals surface area contributed by atoms with Gasteiger partial charge in [-0.25, -0.2) is 8.42 Å². The third-order valence-corrected chi connectivity index (χ3v) is 4.85. The van der Waals surface area contributed by atoms with Crippen molar-refractivity contribution < 1.29 is 8.42 Å². The average Bonchev–Trinajstić information content (AvgIpc) is 2.38. The number of benzene rings is 2. The molecule has 0 saturated heterocycles. The topological polar surface area (TPSA) is 72.2 Å². The maximum absolute atomic E-state index is 12.4. The van der Waals surface area contributed by atoms with Gasteiger partial charge in [0.25, 0.3) is 10.0 Å². The molecule has 0 spiro atoms. The Labute approximate surface area is 126 Å². The molecule has 2 aromatic rings. The van der Waals surface area contributed by atoms with Crippen molar-refractivity contribution in [2.45, 2.75) is 31.7 Å². The standard InChI is InChI=1S/C16H20N2O2S/c1-11-4-9-16(12(2)10-11)21(19,20)18-15-7-5-14(6-8-15)13(3)17/h4-10,13,18H,17H2,1-3H3. The van der Waals surface area contributed by atoms with E-state index in [1.165, 1.54) is 0 Å². The number of aryl methyl sites for hydroxylation is 2. The Morgan fingerprint density at radius 1 is 1.05 bits per heavy atom. The van der Waals surface area contributed by atoms with Crippen LogP contribution in [0.1, 0.15) is 29.7 Å². The minimum absolute atomic E-state index is 0.0741. The van der Waals surface area contributed by atoms with Crippen molar-refractivity contribution in [1.29, 1.82) is 0 Å². The highest BCUT2D eigenvalue weighted by Gasteiger charge is 2.16. The minimum atomic E-state index is -3.58. The molecule has 0 saturated carbocycles. The summed E-state index contributed by atoms with van der Waals surface area (Å²) < 4.78 is 27.4. The lowest BCUT2D eigenvalue weighted by Crippen LogP contribution is -2.14. The number of rotatable bonds is 4. The lowest BCUT2D eigenvalue weighted by Gasteiger charge is -2.12. The zero-order chi connectivity index (χ0) is 15.6. The summed E-state index contributed by atoms with van der Waals surface area (Å²) in [6, 6.07) is 12.3. The van der Waals surface area contributed by atoms with Crippen molar-refractivity contribution in [2.24, 2.45) is 5.73 Å². The molecule has 2 aromatic carbocycles. The van der Waals surface area contributed by atoms with E-state index in [4.69, 9.17) is 5.73 Å². The number of hydrogen-bond acceptors (Lipinski definition) is 3. The molecule has 0 fully saturated rings. The van der Waals surface area contributed by atoms with Gasteiger partial charge in [0, 0.05) is 11.7 Å². The highest BCUT2D eigenvalue weighted by molar-refractivity contribution is 7.92. The number of nitrogens with one attached hydrogen (secondary N) is 1. The van der Waals surface area contributed by atoms with Gasteiger partial charge < -0.3 is 5.73 Å². The first-order valence-corrected chi connectivity index (χ1v) is 8.23. The van der Waals surface area contributed by atoms with Crippen LogP contribution in [0.2, 0.25) is 0 Å². The Kier molecular flexibility index (Phi) is 4.34. The van der Waals surface area contributed by atoms with Crippen molar-refractivity contribution in [1.82, 2.24) is 0 Å². The van der Waals surface area contributed by atoms with E-state index in [2.05, 4.69) is 4.72 Å². The van der Waals surface area contributed by atoms with E-state index in [1.807, 2.05) is 32.0 Å². The normalized spacial score (nSPS) is 13.0. The third kappa shape index (κ3) is 3.62. The predicted molar refractivity (Wildman–Crippen MR) is 85.8 cm³/mol. The van der Waals surface area contributed by atoms with Crippen molar-refractivity contribution >= 4 is 15.7 Å². The molecular weight excluding hydrogens is 284 g/mol. The molecule has 2 rings (SSSR count). The quantitative estimate of drug-likeness (QED) is 0.911. The van der Waals surface area contributed by atoms with Crippen LogP contribution in [0.15, 0.2) is 47.4 Å². The van der Waals surface area contributed by atoms with Crippen molar-refractivity contribution in [2.75, 3.05) is 4.72 Å². The van der Waals surface area contributed by atoms with Crippen molar-refractivity contribution in [3.8, 4) is 0 Å². The van der Waals surface area contributed by atoms with Gasteiger partial charge in [-0.3, -0.25) is 4.72 Å². The van der Waals surface area contributed by atoms with Crippen LogP contribution in [0, 0.1) is 13.8 Å². The molecule has 0 amide bonds. The summed E-state index contributed by atoms with van der Waals surface area (Å²) in [5.41, 5.74) is 9.03. The Bertz CT molecular complexity index is 735. The fourth-order valence-corrected chi connectivity index (χ4v) is 3.45. The van der Waals surface area contributed by atoms with E-state index in [1.54, 1.807) is 31.2 Å². The van der Waals surface area contributed by atoms with Crippen molar-refractivity contribution in [3.63, 3.8) is 0 Å². The smallest absolute Gasteiger partial charge is 0.262 e.